The molecule has 20 heavy (non-hydrogen) atoms. The van der Waals surface area contributed by atoms with Crippen LogP contribution in [-0.4, -0.2) is 18.7 Å². The van der Waals surface area contributed by atoms with Crippen LogP contribution in [0.3, 0.4) is 0 Å². The molecular formula is C15H19N3O2. The van der Waals surface area contributed by atoms with Gasteiger partial charge in [-0.1, -0.05) is 18.2 Å². The molecular weight excluding hydrogens is 254 g/mol. The van der Waals surface area contributed by atoms with Crippen molar-refractivity contribution in [2.45, 2.75) is 13.0 Å². The van der Waals surface area contributed by atoms with Crippen molar-refractivity contribution in [1.82, 2.24) is 4.98 Å². The molecule has 0 saturated carbocycles. The number of nitrogens with one attached hydrogen (secondary N) is 1. The van der Waals surface area contributed by atoms with E-state index in [0.29, 0.717) is 12.4 Å². The molecule has 0 fully saturated rings. The van der Waals surface area contributed by atoms with E-state index in [1.807, 2.05) is 36.4 Å². The Morgan fingerprint density at radius 3 is 2.70 bits per heavy atom. The standard InChI is InChI=1S/C15H19N3O2/c1-19-10-8-12-4-6-14(7-5-12)20-11-13-3-2-9-17-15(13)18-16/h2-7,9H,8,10-11,16H2,1H3,(H,17,18). The molecule has 0 saturated heterocycles. The van der Waals surface area contributed by atoms with Crippen molar-refractivity contribution in [3.05, 3.63) is 53.7 Å². The van der Waals surface area contributed by atoms with E-state index < -0.39 is 0 Å². The summed E-state index contributed by atoms with van der Waals surface area (Å²) in [6.45, 7) is 1.15. The molecule has 0 radical (unpaired) electrons. The predicted molar refractivity (Wildman–Crippen MR) is 78.4 cm³/mol. The molecule has 2 rings (SSSR count). The quantitative estimate of drug-likeness (QED) is 0.597. The second-order valence-corrected chi connectivity index (χ2v) is 4.33. The molecule has 1 aromatic heterocycles. The maximum Gasteiger partial charge on any atom is 0.146 e. The number of hydrogen-bond acceptors (Lipinski definition) is 5. The number of ether oxygens (including phenoxy) is 2. The average Bonchev–Trinajstić information content (AvgIpc) is 2.52. The molecule has 5 nitrogen and oxygen atoms in total. The number of nitrogens with zero attached hydrogens (tertiary/aromatic N) is 1. The molecule has 0 amide bonds. The van der Waals surface area contributed by atoms with Crippen molar-refractivity contribution in [2.75, 3.05) is 19.1 Å². The van der Waals surface area contributed by atoms with E-state index in [-0.39, 0.29) is 0 Å². The smallest absolute Gasteiger partial charge is 0.146 e. The van der Waals surface area contributed by atoms with Crippen LogP contribution in [0.5, 0.6) is 5.75 Å². The Hall–Kier alpha value is -2.11. The summed E-state index contributed by atoms with van der Waals surface area (Å²) in [5.41, 5.74) is 4.70. The van der Waals surface area contributed by atoms with E-state index in [1.54, 1.807) is 13.3 Å². The van der Waals surface area contributed by atoms with Gasteiger partial charge in [-0.2, -0.15) is 0 Å². The molecule has 0 atom stereocenters. The second kappa shape index (κ2) is 7.47. The van der Waals surface area contributed by atoms with Gasteiger partial charge in [-0.05, 0) is 30.2 Å². The lowest BCUT2D eigenvalue weighted by molar-refractivity contribution is 0.202. The lowest BCUT2D eigenvalue weighted by atomic mass is 10.1. The summed E-state index contributed by atoms with van der Waals surface area (Å²) in [5, 5.41) is 0. The molecule has 0 bridgehead atoms. The fourth-order valence-electron chi connectivity index (χ4n) is 1.82. The Labute approximate surface area is 118 Å². The van der Waals surface area contributed by atoms with Gasteiger partial charge in [0.15, 0.2) is 0 Å². The Bertz CT molecular complexity index is 529. The number of hydrazine groups is 1. The van der Waals surface area contributed by atoms with E-state index in [4.69, 9.17) is 15.3 Å². The highest BCUT2D eigenvalue weighted by molar-refractivity contribution is 5.42. The second-order valence-electron chi connectivity index (χ2n) is 4.33. The van der Waals surface area contributed by atoms with Gasteiger partial charge in [-0.25, -0.2) is 10.8 Å². The first-order chi connectivity index (χ1) is 9.83. The van der Waals surface area contributed by atoms with Crippen LogP contribution in [0.4, 0.5) is 5.82 Å². The van der Waals surface area contributed by atoms with Gasteiger partial charge in [0.2, 0.25) is 0 Å². The Morgan fingerprint density at radius 2 is 2.00 bits per heavy atom. The third-order valence-electron chi connectivity index (χ3n) is 2.94. The maximum atomic E-state index is 5.73. The minimum Gasteiger partial charge on any atom is -0.489 e. The number of benzene rings is 1. The summed E-state index contributed by atoms with van der Waals surface area (Å²) >= 11 is 0. The molecule has 0 aliphatic heterocycles. The van der Waals surface area contributed by atoms with Crippen LogP contribution >= 0.6 is 0 Å². The van der Waals surface area contributed by atoms with Crippen LogP contribution in [0.2, 0.25) is 0 Å². The first kappa shape index (κ1) is 14.3. The zero-order valence-electron chi connectivity index (χ0n) is 11.5. The molecule has 3 N–H and O–H groups in total. The number of nitrogen functional groups attached to an aromatic ring is 1. The van der Waals surface area contributed by atoms with Gasteiger partial charge in [-0.3, -0.25) is 0 Å². The van der Waals surface area contributed by atoms with Gasteiger partial charge in [0.05, 0.1) is 6.61 Å². The van der Waals surface area contributed by atoms with E-state index in [1.165, 1.54) is 5.56 Å². The Balaban J connectivity index is 1.93. The number of methoxy groups -OCH3 is 1. The molecule has 0 aliphatic rings. The highest BCUT2D eigenvalue weighted by atomic mass is 16.5. The van der Waals surface area contributed by atoms with Gasteiger partial charge < -0.3 is 14.9 Å². The number of aromatic nitrogens is 1. The third-order valence-corrected chi connectivity index (χ3v) is 2.94. The summed E-state index contributed by atoms with van der Waals surface area (Å²) < 4.78 is 10.8. The van der Waals surface area contributed by atoms with Crippen molar-refractivity contribution in [3.63, 3.8) is 0 Å². The minimum absolute atomic E-state index is 0.421. The monoisotopic (exact) mass is 273 g/mol. The molecule has 0 unspecified atom stereocenters. The zero-order valence-corrected chi connectivity index (χ0v) is 11.5. The SMILES string of the molecule is COCCc1ccc(OCc2cccnc2NN)cc1. The topological polar surface area (TPSA) is 69.4 Å². The summed E-state index contributed by atoms with van der Waals surface area (Å²) in [6, 6.07) is 11.8. The van der Waals surface area contributed by atoms with E-state index in [0.717, 1.165) is 24.3 Å². The summed E-state index contributed by atoms with van der Waals surface area (Å²) in [4.78, 5) is 4.13. The van der Waals surface area contributed by atoms with E-state index >= 15 is 0 Å². The van der Waals surface area contributed by atoms with Crippen molar-refractivity contribution in [3.8, 4) is 5.75 Å². The van der Waals surface area contributed by atoms with Crippen molar-refractivity contribution in [1.29, 1.82) is 0 Å². The fourth-order valence-corrected chi connectivity index (χ4v) is 1.82. The van der Waals surface area contributed by atoms with Crippen LogP contribution in [0.1, 0.15) is 11.1 Å². The molecule has 1 heterocycles. The van der Waals surface area contributed by atoms with Gasteiger partial charge in [0, 0.05) is 18.9 Å². The zero-order chi connectivity index (χ0) is 14.2. The maximum absolute atomic E-state index is 5.73. The van der Waals surface area contributed by atoms with Crippen LogP contribution in [-0.2, 0) is 17.8 Å². The van der Waals surface area contributed by atoms with E-state index in [2.05, 4.69) is 10.4 Å². The summed E-state index contributed by atoms with van der Waals surface area (Å²) in [7, 11) is 1.70. The van der Waals surface area contributed by atoms with Gasteiger partial charge in [0.1, 0.15) is 18.2 Å². The van der Waals surface area contributed by atoms with E-state index in [9.17, 15) is 0 Å². The number of hydrogen-bond donors (Lipinski definition) is 2. The largest absolute Gasteiger partial charge is 0.489 e. The summed E-state index contributed by atoms with van der Waals surface area (Å²) in [5.74, 6) is 6.85. The first-order valence-electron chi connectivity index (χ1n) is 6.44. The third kappa shape index (κ3) is 3.94. The molecule has 1 aromatic carbocycles. The number of nitrogens with two attached hydrogens (primary N) is 1. The number of rotatable bonds is 7. The Kier molecular flexibility index (Phi) is 5.34. The van der Waals surface area contributed by atoms with Crippen molar-refractivity contribution < 1.29 is 9.47 Å². The van der Waals surface area contributed by atoms with Crippen LogP contribution in [0.25, 0.3) is 0 Å². The first-order valence-corrected chi connectivity index (χ1v) is 6.44. The van der Waals surface area contributed by atoms with Crippen molar-refractivity contribution in [2.24, 2.45) is 5.84 Å². The molecule has 0 spiro atoms. The molecule has 0 aliphatic carbocycles. The van der Waals surface area contributed by atoms with Crippen LogP contribution < -0.4 is 16.0 Å². The lowest BCUT2D eigenvalue weighted by Crippen LogP contribution is -2.12. The fraction of sp³-hybridized carbons (Fsp3) is 0.267. The Morgan fingerprint density at radius 1 is 1.20 bits per heavy atom. The van der Waals surface area contributed by atoms with Crippen LogP contribution in [0, 0.1) is 0 Å². The normalized spacial score (nSPS) is 10.3. The minimum atomic E-state index is 0.421. The molecule has 106 valence electrons. The van der Waals surface area contributed by atoms with Gasteiger partial charge in [-0.15, -0.1) is 0 Å². The van der Waals surface area contributed by atoms with Crippen molar-refractivity contribution >= 4 is 5.82 Å². The predicted octanol–water partition coefficient (Wildman–Crippen LogP) is 2.14. The van der Waals surface area contributed by atoms with Gasteiger partial charge >= 0.3 is 0 Å². The van der Waals surface area contributed by atoms with Crippen LogP contribution in [0.15, 0.2) is 42.6 Å². The summed E-state index contributed by atoms with van der Waals surface area (Å²) in [6.07, 6.45) is 2.59. The average molecular weight is 273 g/mol. The highest BCUT2D eigenvalue weighted by Gasteiger charge is 2.03. The number of pyridine rings is 1. The molecule has 5 heteroatoms. The molecule has 2 aromatic rings. The number of anilines is 1. The lowest BCUT2D eigenvalue weighted by Gasteiger charge is -2.10. The highest BCUT2D eigenvalue weighted by Crippen LogP contribution is 2.17. The van der Waals surface area contributed by atoms with Gasteiger partial charge in [0.25, 0.3) is 0 Å².